The summed E-state index contributed by atoms with van der Waals surface area (Å²) < 4.78 is 6.23. The smallest absolute Gasteiger partial charge is 0.217 e. The van der Waals surface area contributed by atoms with E-state index in [1.165, 1.54) is 0 Å². The standard InChI is InChI=1S/C20H14Cl2N2O2S/c21-11-3-5-17(25)14(9-11)20-24-16(10-15(23-24)19-2-1-7-27-19)13-8-12(22)4-6-18(13)26-20/h1-9,16,20,25H,10H2/t16-,20+/m0/s1. The van der Waals surface area contributed by atoms with Crippen molar-refractivity contribution >= 4 is 40.3 Å². The SMILES string of the molecule is Oc1ccc(Cl)cc1[C@H]1Oc2ccc(Cl)cc2[C@@H]2CC(c3cccs3)=NN12. The third kappa shape index (κ3) is 2.87. The molecule has 0 unspecified atom stereocenters. The molecule has 3 heterocycles. The van der Waals surface area contributed by atoms with Gasteiger partial charge in [-0.3, -0.25) is 0 Å². The lowest BCUT2D eigenvalue weighted by Gasteiger charge is -2.38. The average Bonchev–Trinajstić information content (AvgIpc) is 3.32. The lowest BCUT2D eigenvalue weighted by molar-refractivity contribution is -0.0203. The number of aromatic hydroxyl groups is 1. The molecule has 136 valence electrons. The van der Waals surface area contributed by atoms with Gasteiger partial charge in [0.05, 0.1) is 22.2 Å². The van der Waals surface area contributed by atoms with Crippen LogP contribution in [-0.4, -0.2) is 15.8 Å². The first-order valence-corrected chi connectivity index (χ1v) is 10.1. The molecule has 2 atom stereocenters. The minimum atomic E-state index is -0.570. The maximum absolute atomic E-state index is 10.4. The normalized spacial score (nSPS) is 20.7. The van der Waals surface area contributed by atoms with Crippen molar-refractivity contribution < 1.29 is 9.84 Å². The molecule has 1 aromatic heterocycles. The van der Waals surface area contributed by atoms with E-state index in [1.54, 1.807) is 35.6 Å². The van der Waals surface area contributed by atoms with Gasteiger partial charge < -0.3 is 9.84 Å². The van der Waals surface area contributed by atoms with E-state index in [-0.39, 0.29) is 11.8 Å². The van der Waals surface area contributed by atoms with Gasteiger partial charge >= 0.3 is 0 Å². The summed E-state index contributed by atoms with van der Waals surface area (Å²) in [6.07, 6.45) is 0.175. The Kier molecular flexibility index (Phi) is 4.04. The molecule has 0 saturated carbocycles. The van der Waals surface area contributed by atoms with Crippen molar-refractivity contribution in [3.05, 3.63) is 80.0 Å². The molecular weight excluding hydrogens is 403 g/mol. The van der Waals surface area contributed by atoms with Crippen molar-refractivity contribution in [1.82, 2.24) is 5.01 Å². The summed E-state index contributed by atoms with van der Waals surface area (Å²) in [4.78, 5) is 1.13. The molecule has 0 amide bonds. The average molecular weight is 417 g/mol. The highest BCUT2D eigenvalue weighted by atomic mass is 35.5. The molecule has 0 spiro atoms. The van der Waals surface area contributed by atoms with Gasteiger partial charge in [-0.1, -0.05) is 29.3 Å². The molecule has 7 heteroatoms. The number of fused-ring (bicyclic) bond motifs is 3. The fraction of sp³-hybridized carbons (Fsp3) is 0.150. The van der Waals surface area contributed by atoms with Crippen LogP contribution in [0.2, 0.25) is 10.0 Å². The van der Waals surface area contributed by atoms with Crippen LogP contribution < -0.4 is 4.74 Å². The minimum Gasteiger partial charge on any atom is -0.507 e. The van der Waals surface area contributed by atoms with Crippen LogP contribution in [0.25, 0.3) is 0 Å². The summed E-state index contributed by atoms with van der Waals surface area (Å²) in [7, 11) is 0. The Morgan fingerprint density at radius 3 is 2.63 bits per heavy atom. The van der Waals surface area contributed by atoms with Crippen LogP contribution in [-0.2, 0) is 0 Å². The summed E-state index contributed by atoms with van der Waals surface area (Å²) >= 11 is 14.1. The number of rotatable bonds is 2. The molecule has 2 aliphatic rings. The maximum Gasteiger partial charge on any atom is 0.217 e. The molecule has 2 aromatic carbocycles. The Morgan fingerprint density at radius 2 is 1.85 bits per heavy atom. The zero-order chi connectivity index (χ0) is 18.5. The summed E-state index contributed by atoms with van der Waals surface area (Å²) in [6, 6.07) is 14.6. The molecule has 5 rings (SSSR count). The van der Waals surface area contributed by atoms with E-state index in [0.29, 0.717) is 15.6 Å². The van der Waals surface area contributed by atoms with E-state index in [1.807, 2.05) is 28.6 Å². The Balaban J connectivity index is 1.65. The quantitative estimate of drug-likeness (QED) is 0.556. The van der Waals surface area contributed by atoms with E-state index in [0.717, 1.165) is 28.3 Å². The van der Waals surface area contributed by atoms with Gasteiger partial charge in [0.25, 0.3) is 0 Å². The molecular formula is C20H14Cl2N2O2S. The molecule has 0 radical (unpaired) electrons. The Labute approximate surface area is 170 Å². The fourth-order valence-electron chi connectivity index (χ4n) is 3.58. The number of phenols is 1. The zero-order valence-corrected chi connectivity index (χ0v) is 16.3. The van der Waals surface area contributed by atoms with Crippen molar-refractivity contribution in [2.75, 3.05) is 0 Å². The molecule has 0 aliphatic carbocycles. The van der Waals surface area contributed by atoms with E-state index in [4.69, 9.17) is 33.0 Å². The number of phenolic OH excluding ortho intramolecular Hbond substituents is 1. The second kappa shape index (κ2) is 6.44. The summed E-state index contributed by atoms with van der Waals surface area (Å²) in [5, 5.41) is 20.4. The Bertz CT molecular complexity index is 1050. The number of hydrazone groups is 1. The van der Waals surface area contributed by atoms with Gasteiger partial charge in [-0.25, -0.2) is 5.01 Å². The molecule has 0 bridgehead atoms. The zero-order valence-electron chi connectivity index (χ0n) is 14.0. The number of halogens is 2. The van der Waals surface area contributed by atoms with Gasteiger partial charge in [-0.15, -0.1) is 11.3 Å². The second-order valence-corrected chi connectivity index (χ2v) is 8.30. The van der Waals surface area contributed by atoms with Gasteiger partial charge in [0.1, 0.15) is 11.5 Å². The Morgan fingerprint density at radius 1 is 1.07 bits per heavy atom. The van der Waals surface area contributed by atoms with Crippen molar-refractivity contribution in [2.45, 2.75) is 18.7 Å². The fourth-order valence-corrected chi connectivity index (χ4v) is 4.66. The minimum absolute atomic E-state index is 0.0204. The predicted molar refractivity (Wildman–Crippen MR) is 108 cm³/mol. The van der Waals surface area contributed by atoms with Crippen LogP contribution in [0.1, 0.15) is 34.7 Å². The van der Waals surface area contributed by atoms with Crippen molar-refractivity contribution in [3.8, 4) is 11.5 Å². The van der Waals surface area contributed by atoms with E-state index in [9.17, 15) is 5.11 Å². The largest absolute Gasteiger partial charge is 0.507 e. The maximum atomic E-state index is 10.4. The van der Waals surface area contributed by atoms with Gasteiger partial charge in [0.15, 0.2) is 0 Å². The third-order valence-corrected chi connectivity index (χ3v) is 6.20. The van der Waals surface area contributed by atoms with E-state index < -0.39 is 6.23 Å². The van der Waals surface area contributed by atoms with Crippen LogP contribution in [0.3, 0.4) is 0 Å². The molecule has 3 aromatic rings. The first-order valence-electron chi connectivity index (χ1n) is 8.44. The lowest BCUT2D eigenvalue weighted by atomic mass is 9.97. The second-order valence-electron chi connectivity index (χ2n) is 6.48. The highest BCUT2D eigenvalue weighted by molar-refractivity contribution is 7.12. The van der Waals surface area contributed by atoms with Crippen LogP contribution in [0.5, 0.6) is 11.5 Å². The van der Waals surface area contributed by atoms with Gasteiger partial charge in [0.2, 0.25) is 6.23 Å². The van der Waals surface area contributed by atoms with Gasteiger partial charge in [0, 0.05) is 22.0 Å². The first kappa shape index (κ1) is 16.9. The molecule has 27 heavy (non-hydrogen) atoms. The first-order chi connectivity index (χ1) is 13.1. The molecule has 4 nitrogen and oxygen atoms in total. The predicted octanol–water partition coefficient (Wildman–Crippen LogP) is 6.00. The molecule has 1 N–H and O–H groups in total. The van der Waals surface area contributed by atoms with Crippen LogP contribution in [0, 0.1) is 0 Å². The number of thiophene rings is 1. The lowest BCUT2D eigenvalue weighted by Crippen LogP contribution is -2.33. The third-order valence-electron chi connectivity index (χ3n) is 4.81. The Hall–Kier alpha value is -2.21. The van der Waals surface area contributed by atoms with Crippen molar-refractivity contribution in [3.63, 3.8) is 0 Å². The van der Waals surface area contributed by atoms with E-state index >= 15 is 0 Å². The summed E-state index contributed by atoms with van der Waals surface area (Å²) in [6.45, 7) is 0. The highest BCUT2D eigenvalue weighted by Crippen LogP contribution is 2.49. The van der Waals surface area contributed by atoms with Crippen molar-refractivity contribution in [2.24, 2.45) is 5.10 Å². The molecule has 0 fully saturated rings. The van der Waals surface area contributed by atoms with E-state index in [2.05, 4.69) is 6.07 Å². The van der Waals surface area contributed by atoms with Crippen LogP contribution in [0.4, 0.5) is 0 Å². The highest BCUT2D eigenvalue weighted by Gasteiger charge is 2.42. The number of benzene rings is 2. The van der Waals surface area contributed by atoms with Gasteiger partial charge in [-0.2, -0.15) is 5.10 Å². The topological polar surface area (TPSA) is 45.1 Å². The number of hydrogen-bond acceptors (Lipinski definition) is 5. The van der Waals surface area contributed by atoms with Crippen molar-refractivity contribution in [1.29, 1.82) is 0 Å². The van der Waals surface area contributed by atoms with Crippen LogP contribution in [0.15, 0.2) is 59.0 Å². The molecule has 2 aliphatic heterocycles. The summed E-state index contributed by atoms with van der Waals surface area (Å²) in [5.41, 5.74) is 2.58. The number of hydrogen-bond donors (Lipinski definition) is 1. The number of nitrogens with zero attached hydrogens (tertiary/aromatic N) is 2. The number of ether oxygens (including phenoxy) is 1. The summed E-state index contributed by atoms with van der Waals surface area (Å²) in [5.74, 6) is 0.869. The monoisotopic (exact) mass is 416 g/mol. The molecule has 0 saturated heterocycles. The van der Waals surface area contributed by atoms with Crippen LogP contribution >= 0.6 is 34.5 Å². The van der Waals surface area contributed by atoms with Gasteiger partial charge in [-0.05, 0) is 47.8 Å².